The minimum Gasteiger partial charge on any atom is -0.379 e. The second kappa shape index (κ2) is 7.42. The van der Waals surface area contributed by atoms with Gasteiger partial charge in [-0.15, -0.1) is 0 Å². The maximum absolute atomic E-state index is 12.5. The van der Waals surface area contributed by atoms with Gasteiger partial charge in [-0.2, -0.15) is 5.10 Å². The second-order valence-electron chi connectivity index (χ2n) is 6.57. The summed E-state index contributed by atoms with van der Waals surface area (Å²) in [5, 5.41) is 10.7. The second-order valence-corrected chi connectivity index (χ2v) is 6.57. The Hall–Kier alpha value is -1.44. The molecule has 0 aromatic carbocycles. The molecule has 0 radical (unpaired) electrons. The van der Waals surface area contributed by atoms with Crippen molar-refractivity contribution in [1.29, 1.82) is 0 Å². The summed E-state index contributed by atoms with van der Waals surface area (Å²) in [6.07, 6.45) is 3.88. The largest absolute Gasteiger partial charge is 0.379 e. The van der Waals surface area contributed by atoms with Crippen molar-refractivity contribution in [3.63, 3.8) is 0 Å². The van der Waals surface area contributed by atoms with Gasteiger partial charge < -0.3 is 15.4 Å². The fourth-order valence-electron chi connectivity index (χ4n) is 3.48. The third-order valence-electron chi connectivity index (χ3n) is 4.91. The van der Waals surface area contributed by atoms with Gasteiger partial charge in [-0.05, 0) is 12.5 Å². The van der Waals surface area contributed by atoms with Crippen molar-refractivity contribution in [1.82, 2.24) is 25.3 Å². The molecule has 1 amide bonds. The van der Waals surface area contributed by atoms with E-state index in [0.29, 0.717) is 12.6 Å². The van der Waals surface area contributed by atoms with Crippen LogP contribution in [0, 0.1) is 5.92 Å². The number of rotatable bonds is 5. The van der Waals surface area contributed by atoms with Crippen molar-refractivity contribution in [3.8, 4) is 0 Å². The minimum absolute atomic E-state index is 0.0127. The summed E-state index contributed by atoms with van der Waals surface area (Å²) >= 11 is 0. The number of carbonyl (C=O) groups excluding carboxylic acids is 1. The van der Waals surface area contributed by atoms with E-state index in [1.54, 1.807) is 4.68 Å². The van der Waals surface area contributed by atoms with Crippen LogP contribution in [0.15, 0.2) is 12.4 Å². The summed E-state index contributed by atoms with van der Waals surface area (Å²) in [6.45, 7) is 7.83. The highest BCUT2D eigenvalue weighted by molar-refractivity contribution is 5.80. The molecule has 0 aliphatic carbocycles. The summed E-state index contributed by atoms with van der Waals surface area (Å²) < 4.78 is 7.23. The normalized spacial score (nSPS) is 28.9. The molecule has 2 aliphatic heterocycles. The van der Waals surface area contributed by atoms with Crippen molar-refractivity contribution in [2.24, 2.45) is 13.0 Å². The molecule has 0 bridgehead atoms. The maximum atomic E-state index is 12.5. The number of nitrogens with zero attached hydrogens (tertiary/aromatic N) is 3. The molecule has 2 N–H and O–H groups in total. The van der Waals surface area contributed by atoms with Crippen LogP contribution in [0.25, 0.3) is 0 Å². The van der Waals surface area contributed by atoms with Crippen LogP contribution in [0.3, 0.4) is 0 Å². The zero-order valence-corrected chi connectivity index (χ0v) is 14.0. The van der Waals surface area contributed by atoms with Crippen LogP contribution in [0.1, 0.15) is 18.4 Å². The standard InChI is InChI=1S/C16H27N5O2/c1-12-11-23-6-5-21(12)4-3-18-16(22)15-9-17-8-14(15)13-7-19-20(2)10-13/h7,10,12,14-15,17H,3-6,8-9,11H2,1-2H3,(H,18,22)/t12?,14-,15+/m1/s1. The van der Waals surface area contributed by atoms with Crippen LogP contribution < -0.4 is 10.6 Å². The smallest absolute Gasteiger partial charge is 0.225 e. The molecule has 7 heteroatoms. The molecule has 2 aliphatic rings. The van der Waals surface area contributed by atoms with Gasteiger partial charge in [-0.1, -0.05) is 0 Å². The first kappa shape index (κ1) is 16.4. The van der Waals surface area contributed by atoms with E-state index in [9.17, 15) is 4.79 Å². The highest BCUT2D eigenvalue weighted by atomic mass is 16.5. The van der Waals surface area contributed by atoms with E-state index in [1.165, 1.54) is 0 Å². The lowest BCUT2D eigenvalue weighted by atomic mass is 9.90. The van der Waals surface area contributed by atoms with Gasteiger partial charge in [0.1, 0.15) is 0 Å². The molecule has 7 nitrogen and oxygen atoms in total. The van der Waals surface area contributed by atoms with Crippen molar-refractivity contribution in [3.05, 3.63) is 18.0 Å². The highest BCUT2D eigenvalue weighted by Crippen LogP contribution is 2.27. The quantitative estimate of drug-likeness (QED) is 0.769. The van der Waals surface area contributed by atoms with Crippen LogP contribution in [0.4, 0.5) is 0 Å². The summed E-state index contributed by atoms with van der Waals surface area (Å²) in [5.74, 6) is 0.345. The monoisotopic (exact) mass is 321 g/mol. The number of morpholine rings is 1. The number of hydrogen-bond acceptors (Lipinski definition) is 5. The Morgan fingerprint density at radius 2 is 2.39 bits per heavy atom. The Bertz CT molecular complexity index is 532. The van der Waals surface area contributed by atoms with Crippen LogP contribution in [-0.4, -0.2) is 72.6 Å². The van der Waals surface area contributed by atoms with E-state index < -0.39 is 0 Å². The molecule has 23 heavy (non-hydrogen) atoms. The Labute approximate surface area is 137 Å². The summed E-state index contributed by atoms with van der Waals surface area (Å²) in [6, 6.07) is 0.428. The van der Waals surface area contributed by atoms with Gasteiger partial charge in [0.05, 0.1) is 25.3 Å². The first-order valence-corrected chi connectivity index (χ1v) is 8.44. The molecule has 3 rings (SSSR count). The number of aryl methyl sites for hydroxylation is 1. The SMILES string of the molecule is CC1COCCN1CCNC(=O)[C@H]1CNC[C@@H]1c1cnn(C)c1. The van der Waals surface area contributed by atoms with E-state index >= 15 is 0 Å². The zero-order valence-electron chi connectivity index (χ0n) is 14.0. The van der Waals surface area contributed by atoms with Crippen molar-refractivity contribution < 1.29 is 9.53 Å². The number of carbonyl (C=O) groups is 1. The Morgan fingerprint density at radius 1 is 1.52 bits per heavy atom. The molecule has 2 saturated heterocycles. The molecular weight excluding hydrogens is 294 g/mol. The van der Waals surface area contributed by atoms with Gasteiger partial charge in [0.15, 0.2) is 0 Å². The van der Waals surface area contributed by atoms with Gasteiger partial charge in [-0.3, -0.25) is 14.4 Å². The molecular formula is C16H27N5O2. The fraction of sp³-hybridized carbons (Fsp3) is 0.750. The number of ether oxygens (including phenoxy) is 1. The molecule has 3 atom stereocenters. The predicted molar refractivity (Wildman–Crippen MR) is 87.2 cm³/mol. The lowest BCUT2D eigenvalue weighted by Gasteiger charge is -2.33. The Kier molecular flexibility index (Phi) is 5.30. The van der Waals surface area contributed by atoms with E-state index in [4.69, 9.17) is 4.74 Å². The van der Waals surface area contributed by atoms with E-state index in [2.05, 4.69) is 27.6 Å². The third-order valence-corrected chi connectivity index (χ3v) is 4.91. The van der Waals surface area contributed by atoms with Crippen molar-refractivity contribution in [2.75, 3.05) is 45.9 Å². The van der Waals surface area contributed by atoms with E-state index in [-0.39, 0.29) is 17.7 Å². The molecule has 3 heterocycles. The summed E-state index contributed by atoms with van der Waals surface area (Å²) in [5.41, 5.74) is 1.14. The lowest BCUT2D eigenvalue weighted by Crippen LogP contribution is -2.47. The minimum atomic E-state index is -0.0127. The fourth-order valence-corrected chi connectivity index (χ4v) is 3.48. The average Bonchev–Trinajstić information content (AvgIpc) is 3.17. The van der Waals surface area contributed by atoms with E-state index in [1.807, 2.05) is 19.4 Å². The summed E-state index contributed by atoms with van der Waals surface area (Å²) in [7, 11) is 1.91. The van der Waals surface area contributed by atoms with E-state index in [0.717, 1.165) is 45.0 Å². The van der Waals surface area contributed by atoms with Crippen LogP contribution >= 0.6 is 0 Å². The Morgan fingerprint density at radius 3 is 3.13 bits per heavy atom. The number of nitrogens with one attached hydrogen (secondary N) is 2. The zero-order chi connectivity index (χ0) is 16.2. The molecule has 1 unspecified atom stereocenters. The van der Waals surface area contributed by atoms with Crippen LogP contribution in [-0.2, 0) is 16.6 Å². The molecule has 128 valence electrons. The van der Waals surface area contributed by atoms with Gasteiger partial charge in [0, 0.05) is 57.9 Å². The summed E-state index contributed by atoms with van der Waals surface area (Å²) in [4.78, 5) is 14.9. The first-order valence-electron chi connectivity index (χ1n) is 8.44. The molecule has 0 saturated carbocycles. The van der Waals surface area contributed by atoms with Gasteiger partial charge in [0.2, 0.25) is 5.91 Å². The van der Waals surface area contributed by atoms with Gasteiger partial charge in [0.25, 0.3) is 0 Å². The first-order chi connectivity index (χ1) is 11.1. The Balaban J connectivity index is 1.49. The molecule has 2 fully saturated rings. The molecule has 1 aromatic rings. The molecule has 1 aromatic heterocycles. The van der Waals surface area contributed by atoms with Crippen LogP contribution in [0.2, 0.25) is 0 Å². The molecule has 0 spiro atoms. The number of aromatic nitrogens is 2. The number of hydrogen-bond donors (Lipinski definition) is 2. The highest BCUT2D eigenvalue weighted by Gasteiger charge is 2.34. The average molecular weight is 321 g/mol. The predicted octanol–water partition coefficient (Wildman–Crippen LogP) is -0.440. The maximum Gasteiger partial charge on any atom is 0.225 e. The van der Waals surface area contributed by atoms with Gasteiger partial charge in [-0.25, -0.2) is 0 Å². The van der Waals surface area contributed by atoms with Crippen molar-refractivity contribution in [2.45, 2.75) is 18.9 Å². The number of amides is 1. The van der Waals surface area contributed by atoms with Crippen LogP contribution in [0.5, 0.6) is 0 Å². The van der Waals surface area contributed by atoms with Gasteiger partial charge >= 0.3 is 0 Å². The third kappa shape index (κ3) is 3.91. The van der Waals surface area contributed by atoms with Crippen molar-refractivity contribution >= 4 is 5.91 Å². The topological polar surface area (TPSA) is 71.4 Å². The lowest BCUT2D eigenvalue weighted by molar-refractivity contribution is -0.125.